The minimum Gasteiger partial charge on any atom is -0.480 e. The average Bonchev–Trinajstić information content (AvgIpc) is 2.87. The number of nitrogens with two attached hydrogens (primary N) is 1. The van der Waals surface area contributed by atoms with E-state index in [1.54, 1.807) is 25.3 Å². The number of nitrogens with zero attached hydrogens (tertiary/aromatic N) is 3. The number of hydrogen-bond donors (Lipinski definition) is 4. The van der Waals surface area contributed by atoms with Crippen LogP contribution in [0.4, 0.5) is 10.7 Å². The van der Waals surface area contributed by atoms with Crippen molar-refractivity contribution in [2.75, 3.05) is 5.73 Å². The lowest BCUT2D eigenvalue weighted by Gasteiger charge is -2.22. The number of H-pyrrole nitrogens is 1. The Hall–Kier alpha value is -3.11. The Balaban J connectivity index is 1.99. The van der Waals surface area contributed by atoms with Crippen molar-refractivity contribution in [1.29, 1.82) is 0 Å². The molecule has 26 heavy (non-hydrogen) atoms. The fourth-order valence-corrected chi connectivity index (χ4v) is 2.31. The molecule has 2 rings (SSSR count). The minimum absolute atomic E-state index is 0.0285. The highest BCUT2D eigenvalue weighted by Crippen LogP contribution is 2.10. The van der Waals surface area contributed by atoms with Crippen molar-refractivity contribution in [3.63, 3.8) is 0 Å². The Labute approximate surface area is 148 Å². The minimum atomic E-state index is -1.16. The number of aromatic amines is 1. The molecule has 11 heteroatoms. The zero-order valence-corrected chi connectivity index (χ0v) is 14.8. The summed E-state index contributed by atoms with van der Waals surface area (Å²) < 4.78 is 6.67. The van der Waals surface area contributed by atoms with Gasteiger partial charge < -0.3 is 25.5 Å². The number of hydrogen-bond acceptors (Lipinski definition) is 7. The molecule has 0 unspecified atom stereocenters. The number of carboxylic acids is 1. The Morgan fingerprint density at radius 3 is 2.77 bits per heavy atom. The number of carboxylic acid groups (broad SMARTS) is 1. The first-order chi connectivity index (χ1) is 12.1. The van der Waals surface area contributed by atoms with Crippen LogP contribution in [-0.2, 0) is 16.1 Å². The molecule has 0 aliphatic rings. The summed E-state index contributed by atoms with van der Waals surface area (Å²) in [6.45, 7) is 5.42. The third-order valence-electron chi connectivity index (χ3n) is 3.37. The zero-order valence-electron chi connectivity index (χ0n) is 14.8. The van der Waals surface area contributed by atoms with Crippen LogP contribution in [0.5, 0.6) is 0 Å². The van der Waals surface area contributed by atoms with Gasteiger partial charge in [0, 0.05) is 6.54 Å². The maximum Gasteiger partial charge on any atom is 0.408 e. The smallest absolute Gasteiger partial charge is 0.408 e. The van der Waals surface area contributed by atoms with Crippen LogP contribution in [0, 0.1) is 0 Å². The van der Waals surface area contributed by atoms with Crippen LogP contribution < -0.4 is 16.6 Å². The number of alkyl carbamates (subject to hydrolysis) is 1. The topological polar surface area (TPSA) is 165 Å². The van der Waals surface area contributed by atoms with Crippen LogP contribution in [0.2, 0.25) is 0 Å². The molecule has 0 aromatic carbocycles. The van der Waals surface area contributed by atoms with Gasteiger partial charge in [0.15, 0.2) is 11.2 Å². The molecule has 0 saturated carbocycles. The number of nitrogens with one attached hydrogen (secondary N) is 2. The summed E-state index contributed by atoms with van der Waals surface area (Å²) in [5.74, 6) is -1.19. The van der Waals surface area contributed by atoms with Gasteiger partial charge in [-0.05, 0) is 33.6 Å². The molecule has 2 heterocycles. The van der Waals surface area contributed by atoms with Crippen molar-refractivity contribution in [1.82, 2.24) is 24.8 Å². The first-order valence-corrected chi connectivity index (χ1v) is 8.00. The van der Waals surface area contributed by atoms with E-state index < -0.39 is 29.3 Å². The molecule has 0 spiro atoms. The van der Waals surface area contributed by atoms with Gasteiger partial charge in [-0.25, -0.2) is 14.6 Å². The van der Waals surface area contributed by atoms with Crippen molar-refractivity contribution < 1.29 is 19.4 Å². The highest BCUT2D eigenvalue weighted by atomic mass is 16.6. The lowest BCUT2D eigenvalue weighted by atomic mass is 10.1. The normalized spacial score (nSPS) is 12.7. The molecule has 5 N–H and O–H groups in total. The SMILES string of the molecule is CC(C)(C)OC(=O)N[C@H](CCCn1cnc2c(=O)[nH]c(N)nc21)C(=O)O. The van der Waals surface area contributed by atoms with E-state index in [4.69, 9.17) is 10.5 Å². The Bertz CT molecular complexity index is 866. The Morgan fingerprint density at radius 1 is 1.46 bits per heavy atom. The molecule has 2 aromatic heterocycles. The molecule has 142 valence electrons. The standard InChI is InChI=1S/C15H22N6O5/c1-15(2,3)26-14(25)18-8(12(23)24)5-4-6-21-7-17-9-10(21)19-13(16)20-11(9)22/h7-8H,4-6H2,1-3H3,(H,18,25)(H,23,24)(H3,16,19,20,22)/t8-/m1/s1. The first-order valence-electron chi connectivity index (χ1n) is 8.00. The molecule has 1 atom stereocenters. The van der Waals surface area contributed by atoms with Crippen LogP contribution >= 0.6 is 0 Å². The Kier molecular flexibility index (Phi) is 5.48. The molecular formula is C15H22N6O5. The highest BCUT2D eigenvalue weighted by molar-refractivity contribution is 5.80. The summed E-state index contributed by atoms with van der Waals surface area (Å²) in [5, 5.41) is 11.6. The van der Waals surface area contributed by atoms with E-state index in [0.29, 0.717) is 18.6 Å². The van der Waals surface area contributed by atoms with Crippen molar-refractivity contribution in [2.24, 2.45) is 0 Å². The van der Waals surface area contributed by atoms with Crippen LogP contribution in [0.15, 0.2) is 11.1 Å². The monoisotopic (exact) mass is 366 g/mol. The van der Waals surface area contributed by atoms with E-state index in [-0.39, 0.29) is 17.9 Å². The van der Waals surface area contributed by atoms with E-state index in [1.165, 1.54) is 6.33 Å². The summed E-state index contributed by atoms with van der Waals surface area (Å²) >= 11 is 0. The maximum absolute atomic E-state index is 11.7. The molecule has 2 aromatic rings. The number of amides is 1. The van der Waals surface area contributed by atoms with Gasteiger partial charge in [0.2, 0.25) is 5.95 Å². The number of nitrogen functional groups attached to an aromatic ring is 1. The number of aromatic nitrogens is 4. The number of fused-ring (bicyclic) bond motifs is 1. The van der Waals surface area contributed by atoms with Gasteiger partial charge in [0.25, 0.3) is 5.56 Å². The van der Waals surface area contributed by atoms with E-state index in [1.807, 2.05) is 0 Å². The van der Waals surface area contributed by atoms with E-state index in [2.05, 4.69) is 20.3 Å². The van der Waals surface area contributed by atoms with Gasteiger partial charge >= 0.3 is 12.1 Å². The molecule has 0 aliphatic carbocycles. The Morgan fingerprint density at radius 2 is 2.15 bits per heavy atom. The van der Waals surface area contributed by atoms with E-state index >= 15 is 0 Å². The van der Waals surface area contributed by atoms with Gasteiger partial charge in [-0.1, -0.05) is 0 Å². The van der Waals surface area contributed by atoms with Crippen LogP contribution in [-0.4, -0.2) is 48.3 Å². The second-order valence-corrected chi connectivity index (χ2v) is 6.74. The summed E-state index contributed by atoms with van der Waals surface area (Å²) in [6, 6.07) is -1.10. The highest BCUT2D eigenvalue weighted by Gasteiger charge is 2.23. The van der Waals surface area contributed by atoms with Gasteiger partial charge in [-0.2, -0.15) is 4.98 Å². The van der Waals surface area contributed by atoms with Crippen molar-refractivity contribution in [3.8, 4) is 0 Å². The maximum atomic E-state index is 11.7. The summed E-state index contributed by atoms with van der Waals surface area (Å²) in [4.78, 5) is 45.2. The van der Waals surface area contributed by atoms with Crippen molar-refractivity contribution in [3.05, 3.63) is 16.7 Å². The average molecular weight is 366 g/mol. The first kappa shape index (κ1) is 19.2. The molecule has 0 fully saturated rings. The number of aliphatic carboxylic acids is 1. The fraction of sp³-hybridized carbons (Fsp3) is 0.533. The molecule has 0 radical (unpaired) electrons. The summed E-state index contributed by atoms with van der Waals surface area (Å²) in [6.07, 6.45) is 1.20. The van der Waals surface area contributed by atoms with Gasteiger partial charge in [0.05, 0.1) is 6.33 Å². The largest absolute Gasteiger partial charge is 0.480 e. The molecule has 11 nitrogen and oxygen atoms in total. The molecular weight excluding hydrogens is 344 g/mol. The number of ether oxygens (including phenoxy) is 1. The molecule has 0 aliphatic heterocycles. The lowest BCUT2D eigenvalue weighted by molar-refractivity contribution is -0.139. The number of aryl methyl sites for hydroxylation is 1. The molecule has 0 bridgehead atoms. The van der Waals surface area contributed by atoms with E-state index in [9.17, 15) is 19.5 Å². The fourth-order valence-electron chi connectivity index (χ4n) is 2.31. The second-order valence-electron chi connectivity index (χ2n) is 6.74. The number of carbonyl (C=O) groups is 2. The quantitative estimate of drug-likeness (QED) is 0.572. The number of anilines is 1. The third kappa shape index (κ3) is 4.94. The molecule has 0 saturated heterocycles. The van der Waals surface area contributed by atoms with Crippen molar-refractivity contribution in [2.45, 2.75) is 51.8 Å². The predicted molar refractivity (Wildman–Crippen MR) is 92.6 cm³/mol. The van der Waals surface area contributed by atoms with Gasteiger partial charge in [-0.15, -0.1) is 0 Å². The van der Waals surface area contributed by atoms with Gasteiger partial charge in [0.1, 0.15) is 11.6 Å². The predicted octanol–water partition coefficient (Wildman–Crippen LogP) is 0.460. The van der Waals surface area contributed by atoms with Crippen LogP contribution in [0.3, 0.4) is 0 Å². The molecule has 1 amide bonds. The van der Waals surface area contributed by atoms with Crippen molar-refractivity contribution >= 4 is 29.2 Å². The lowest BCUT2D eigenvalue weighted by Crippen LogP contribution is -2.43. The number of carbonyl (C=O) groups excluding carboxylic acids is 1. The third-order valence-corrected chi connectivity index (χ3v) is 3.37. The summed E-state index contributed by atoms with van der Waals surface area (Å²) in [7, 11) is 0. The van der Waals surface area contributed by atoms with E-state index in [0.717, 1.165) is 0 Å². The van der Waals surface area contributed by atoms with Gasteiger partial charge in [-0.3, -0.25) is 9.78 Å². The van der Waals surface area contributed by atoms with Crippen LogP contribution in [0.25, 0.3) is 11.2 Å². The number of rotatable bonds is 6. The zero-order chi connectivity index (χ0) is 19.5. The second kappa shape index (κ2) is 7.42. The van der Waals surface area contributed by atoms with Crippen LogP contribution in [0.1, 0.15) is 33.6 Å². The number of imidazole rings is 1. The summed E-state index contributed by atoms with van der Waals surface area (Å²) in [5.41, 5.74) is 4.84.